The Labute approximate surface area is 248 Å². The van der Waals surface area contributed by atoms with Gasteiger partial charge in [0.1, 0.15) is 0 Å². The third-order valence-electron chi connectivity index (χ3n) is 10.1. The highest BCUT2D eigenvalue weighted by Gasteiger charge is 2.44. The molecule has 0 nitrogen and oxygen atoms in total. The molecule has 210 valence electrons. The molecule has 4 aromatic carbocycles. The summed E-state index contributed by atoms with van der Waals surface area (Å²) in [5.41, 5.74) is 13.7. The first-order valence-corrected chi connectivity index (χ1v) is 15.3. The van der Waals surface area contributed by atoms with E-state index in [1.807, 2.05) is 12.2 Å². The fourth-order valence-corrected chi connectivity index (χ4v) is 6.43. The minimum absolute atomic E-state index is 0.113. The number of hydrogen-bond donors (Lipinski definition) is 0. The summed E-state index contributed by atoms with van der Waals surface area (Å²) in [5, 5.41) is 0. The summed E-state index contributed by atoms with van der Waals surface area (Å²) >= 11 is 0. The van der Waals surface area contributed by atoms with Crippen molar-refractivity contribution in [2.75, 3.05) is 0 Å². The number of fused-ring (bicyclic) bond motifs is 3. The van der Waals surface area contributed by atoms with E-state index in [0.717, 1.165) is 36.8 Å². The molecule has 1 aliphatic carbocycles. The summed E-state index contributed by atoms with van der Waals surface area (Å²) in [4.78, 5) is 0. The zero-order chi connectivity index (χ0) is 29.4. The average molecular weight is 539 g/mol. The first-order valence-electron chi connectivity index (χ1n) is 15.3. The zero-order valence-corrected chi connectivity index (χ0v) is 26.0. The third-order valence-corrected chi connectivity index (χ3v) is 10.1. The van der Waals surface area contributed by atoms with Gasteiger partial charge >= 0.3 is 0 Å². The molecule has 41 heavy (non-hydrogen) atoms. The number of benzene rings is 4. The van der Waals surface area contributed by atoms with Crippen LogP contribution in [-0.2, 0) is 29.1 Å². The highest BCUT2D eigenvalue weighted by atomic mass is 14.5. The van der Waals surface area contributed by atoms with E-state index in [9.17, 15) is 0 Å². The topological polar surface area (TPSA) is 0 Å². The van der Waals surface area contributed by atoms with Crippen LogP contribution in [-0.4, -0.2) is 0 Å². The van der Waals surface area contributed by atoms with Gasteiger partial charge in [-0.25, -0.2) is 0 Å². The van der Waals surface area contributed by atoms with Crippen molar-refractivity contribution >= 4 is 12.2 Å². The minimum atomic E-state index is -0.185. The van der Waals surface area contributed by atoms with E-state index >= 15 is 0 Å². The van der Waals surface area contributed by atoms with Crippen molar-refractivity contribution in [3.8, 4) is 11.1 Å². The minimum Gasteiger partial charge on any atom is -0.0985 e. The van der Waals surface area contributed by atoms with Crippen molar-refractivity contribution in [1.82, 2.24) is 0 Å². The van der Waals surface area contributed by atoms with Crippen LogP contribution in [0.3, 0.4) is 0 Å². The highest BCUT2D eigenvalue weighted by Crippen LogP contribution is 2.54. The Morgan fingerprint density at radius 2 is 0.927 bits per heavy atom. The monoisotopic (exact) mass is 538 g/mol. The Hall–Kier alpha value is -3.64. The van der Waals surface area contributed by atoms with Gasteiger partial charge in [0.25, 0.3) is 0 Å². The summed E-state index contributed by atoms with van der Waals surface area (Å²) in [6.45, 7) is 22.1. The Morgan fingerprint density at radius 1 is 0.561 bits per heavy atom. The molecule has 0 saturated carbocycles. The molecular weight excluding hydrogens is 492 g/mol. The number of hydrogen-bond acceptors (Lipinski definition) is 0. The van der Waals surface area contributed by atoms with Gasteiger partial charge in [-0.15, -0.1) is 0 Å². The average Bonchev–Trinajstić information content (AvgIpc) is 3.26. The summed E-state index contributed by atoms with van der Waals surface area (Å²) in [7, 11) is 0. The lowest BCUT2D eigenvalue weighted by Crippen LogP contribution is -2.32. The second-order valence-electron chi connectivity index (χ2n) is 13.3. The van der Waals surface area contributed by atoms with Crippen LogP contribution in [0.1, 0.15) is 98.9 Å². The molecule has 0 N–H and O–H groups in total. The second kappa shape index (κ2) is 11.0. The molecule has 0 heterocycles. The van der Waals surface area contributed by atoms with Gasteiger partial charge in [-0.05, 0) is 92.1 Å². The van der Waals surface area contributed by atoms with Crippen molar-refractivity contribution in [1.29, 1.82) is 0 Å². The molecule has 0 fully saturated rings. The quantitative estimate of drug-likeness (QED) is 0.188. The first-order chi connectivity index (χ1) is 19.6. The molecule has 0 heteroatoms. The lowest BCUT2D eigenvalue weighted by atomic mass is 9.67. The lowest BCUT2D eigenvalue weighted by Gasteiger charge is -2.35. The predicted molar refractivity (Wildman–Crippen MR) is 180 cm³/mol. The summed E-state index contributed by atoms with van der Waals surface area (Å²) in [6.07, 6.45) is 7.96. The number of rotatable bonds is 10. The van der Waals surface area contributed by atoms with E-state index < -0.39 is 0 Å². The molecule has 0 saturated heterocycles. The van der Waals surface area contributed by atoms with Gasteiger partial charge in [0.2, 0.25) is 0 Å². The van der Waals surface area contributed by atoms with Crippen molar-refractivity contribution in [2.24, 2.45) is 0 Å². The molecule has 0 amide bonds. The molecule has 0 aromatic heterocycles. The van der Waals surface area contributed by atoms with Crippen molar-refractivity contribution in [3.63, 3.8) is 0 Å². The molecule has 4 aromatic rings. The molecule has 0 unspecified atom stereocenters. The van der Waals surface area contributed by atoms with Crippen molar-refractivity contribution < 1.29 is 0 Å². The molecule has 0 atom stereocenters. The van der Waals surface area contributed by atoms with E-state index in [2.05, 4.69) is 140 Å². The van der Waals surface area contributed by atoms with E-state index in [0.29, 0.717) is 0 Å². The van der Waals surface area contributed by atoms with Crippen LogP contribution in [0.25, 0.3) is 23.3 Å². The fourth-order valence-electron chi connectivity index (χ4n) is 6.43. The fraction of sp³-hybridized carbons (Fsp3) is 0.317. The molecule has 0 bridgehead atoms. The van der Waals surface area contributed by atoms with E-state index in [-0.39, 0.29) is 16.2 Å². The summed E-state index contributed by atoms with van der Waals surface area (Å²) in [5.74, 6) is 0. The predicted octanol–water partition coefficient (Wildman–Crippen LogP) is 11.1. The van der Waals surface area contributed by atoms with Crippen LogP contribution in [0.15, 0.2) is 98.1 Å². The molecular formula is C41H46. The SMILES string of the molecule is C=Cc1ccc(CC2(Cc3ccc(C=C)cc3)c3cc(C(C)(C)CC)ccc3-c3ccc(C(C)(C)CC)cc32)cc1. The standard InChI is InChI=1S/C41H46/c1-9-29-13-17-31(18-14-29)27-41(28-32-19-15-30(10-2)16-20-32)37-25-33(39(5,6)11-3)21-23-35(37)36-24-22-34(26-38(36)41)40(7,8)12-4/h9-10,13-26H,1-2,11-12,27-28H2,3-8H3. The van der Waals surface area contributed by atoms with Gasteiger partial charge < -0.3 is 0 Å². The maximum Gasteiger partial charge on any atom is 0.0295 e. The molecule has 0 aliphatic heterocycles. The van der Waals surface area contributed by atoms with Gasteiger partial charge in [-0.1, -0.05) is 152 Å². The first kappa shape index (κ1) is 28.9. The Bertz CT molecular complexity index is 1440. The zero-order valence-electron chi connectivity index (χ0n) is 26.0. The smallest absolute Gasteiger partial charge is 0.0295 e. The van der Waals surface area contributed by atoms with Crippen LogP contribution < -0.4 is 0 Å². The second-order valence-corrected chi connectivity index (χ2v) is 13.3. The van der Waals surface area contributed by atoms with Gasteiger partial charge in [0, 0.05) is 5.41 Å². The summed E-state index contributed by atoms with van der Waals surface area (Å²) in [6, 6.07) is 32.7. The van der Waals surface area contributed by atoms with Crippen LogP contribution >= 0.6 is 0 Å². The molecule has 0 radical (unpaired) electrons. The van der Waals surface area contributed by atoms with E-state index in [1.54, 1.807) is 0 Å². The Balaban J connectivity index is 1.80. The Kier molecular flexibility index (Phi) is 7.73. The maximum atomic E-state index is 3.98. The van der Waals surface area contributed by atoms with Crippen LogP contribution in [0.4, 0.5) is 0 Å². The van der Waals surface area contributed by atoms with Gasteiger partial charge in [0.15, 0.2) is 0 Å². The van der Waals surface area contributed by atoms with Crippen molar-refractivity contribution in [2.45, 2.75) is 83.5 Å². The maximum absolute atomic E-state index is 3.98. The highest BCUT2D eigenvalue weighted by molar-refractivity contribution is 5.82. The van der Waals surface area contributed by atoms with E-state index in [1.165, 1.54) is 44.5 Å². The van der Waals surface area contributed by atoms with Crippen LogP contribution in [0, 0.1) is 0 Å². The molecule has 0 spiro atoms. The lowest BCUT2D eigenvalue weighted by molar-refractivity contribution is 0.489. The largest absolute Gasteiger partial charge is 0.0985 e. The molecule has 5 rings (SSSR count). The summed E-state index contributed by atoms with van der Waals surface area (Å²) < 4.78 is 0. The normalized spacial score (nSPS) is 13.9. The van der Waals surface area contributed by atoms with Gasteiger partial charge in [-0.3, -0.25) is 0 Å². The van der Waals surface area contributed by atoms with Gasteiger partial charge in [-0.2, -0.15) is 0 Å². The Morgan fingerprint density at radius 3 is 1.24 bits per heavy atom. The van der Waals surface area contributed by atoms with Crippen LogP contribution in [0.5, 0.6) is 0 Å². The van der Waals surface area contributed by atoms with Gasteiger partial charge in [0.05, 0.1) is 0 Å². The molecule has 1 aliphatic rings. The third kappa shape index (κ3) is 5.26. The van der Waals surface area contributed by atoms with Crippen molar-refractivity contribution in [3.05, 3.63) is 143 Å². The van der Waals surface area contributed by atoms with Crippen LogP contribution in [0.2, 0.25) is 0 Å². The van der Waals surface area contributed by atoms with E-state index in [4.69, 9.17) is 0 Å².